The molecule has 2 nitrogen and oxygen atoms in total. The van der Waals surface area contributed by atoms with Crippen molar-refractivity contribution < 1.29 is 0 Å². The van der Waals surface area contributed by atoms with Gasteiger partial charge in [0.1, 0.15) is 5.03 Å². The maximum atomic E-state index is 6.40. The van der Waals surface area contributed by atoms with Crippen molar-refractivity contribution in [2.75, 3.05) is 0 Å². The van der Waals surface area contributed by atoms with E-state index in [1.807, 2.05) is 12.1 Å². The molecule has 144 valence electrons. The van der Waals surface area contributed by atoms with E-state index in [-0.39, 0.29) is 0 Å². The third kappa shape index (κ3) is 4.85. The maximum absolute atomic E-state index is 6.40. The van der Waals surface area contributed by atoms with E-state index in [9.17, 15) is 0 Å². The van der Waals surface area contributed by atoms with Crippen LogP contribution in [0.25, 0.3) is 0 Å². The highest BCUT2D eigenvalue weighted by Crippen LogP contribution is 2.38. The highest BCUT2D eigenvalue weighted by atomic mass is 35.5. The summed E-state index contributed by atoms with van der Waals surface area (Å²) in [5, 5.41) is 3.18. The van der Waals surface area contributed by atoms with Gasteiger partial charge in [-0.25, -0.2) is 9.97 Å². The Balaban J connectivity index is 1.61. The normalized spacial score (nSPS) is 13.4. The van der Waals surface area contributed by atoms with Crippen molar-refractivity contribution >= 4 is 46.7 Å². The zero-order valence-corrected chi connectivity index (χ0v) is 18.7. The lowest BCUT2D eigenvalue weighted by Gasteiger charge is -2.19. The summed E-state index contributed by atoms with van der Waals surface area (Å²) in [7, 11) is 0. The summed E-state index contributed by atoms with van der Waals surface area (Å²) in [5.41, 5.74) is 5.03. The highest BCUT2D eigenvalue weighted by Gasteiger charge is 2.19. The maximum Gasteiger partial charge on any atom is 0.189 e. The Labute approximate surface area is 184 Å². The van der Waals surface area contributed by atoms with Gasteiger partial charge in [-0.3, -0.25) is 0 Å². The van der Waals surface area contributed by atoms with Crippen LogP contribution < -0.4 is 0 Å². The van der Waals surface area contributed by atoms with Crippen molar-refractivity contribution in [3.8, 4) is 0 Å². The summed E-state index contributed by atoms with van der Waals surface area (Å²) in [5.74, 6) is 0.866. The number of rotatable bonds is 5. The van der Waals surface area contributed by atoms with Crippen molar-refractivity contribution in [1.82, 2.24) is 9.97 Å². The average molecular weight is 447 g/mol. The molecule has 0 unspecified atom stereocenters. The zero-order chi connectivity index (χ0) is 19.5. The van der Waals surface area contributed by atoms with E-state index in [2.05, 4.69) is 31.2 Å². The number of hydrogen-bond acceptors (Lipinski definition) is 4. The molecule has 6 heteroatoms. The smallest absolute Gasteiger partial charge is 0.189 e. The SMILES string of the molecule is Cc1ccc(CSc2nc3c(c(Sc4ccc(Cl)cc4Cl)n2)CCCC3)cc1. The molecule has 0 amide bonds. The lowest BCUT2D eigenvalue weighted by Crippen LogP contribution is -2.09. The number of thioether (sulfide) groups is 1. The van der Waals surface area contributed by atoms with Crippen LogP contribution in [-0.2, 0) is 18.6 Å². The number of aryl methyl sites for hydroxylation is 2. The number of hydrogen-bond donors (Lipinski definition) is 0. The van der Waals surface area contributed by atoms with Gasteiger partial charge in [0.15, 0.2) is 5.16 Å². The molecular formula is C22H20Cl2N2S2. The number of fused-ring (bicyclic) bond motifs is 1. The fraction of sp³-hybridized carbons (Fsp3) is 0.273. The van der Waals surface area contributed by atoms with Crippen LogP contribution in [0, 0.1) is 6.92 Å². The Morgan fingerprint density at radius 2 is 1.75 bits per heavy atom. The first kappa shape index (κ1) is 20.1. The fourth-order valence-electron chi connectivity index (χ4n) is 3.18. The van der Waals surface area contributed by atoms with Gasteiger partial charge in [0, 0.05) is 26.9 Å². The second-order valence-corrected chi connectivity index (χ2v) is 9.71. The molecule has 3 aromatic rings. The first-order valence-electron chi connectivity index (χ1n) is 9.29. The van der Waals surface area contributed by atoms with Crippen LogP contribution in [0.1, 0.15) is 35.2 Å². The lowest BCUT2D eigenvalue weighted by molar-refractivity contribution is 0.628. The van der Waals surface area contributed by atoms with Gasteiger partial charge in [-0.15, -0.1) is 0 Å². The molecule has 0 fully saturated rings. The molecule has 28 heavy (non-hydrogen) atoms. The van der Waals surface area contributed by atoms with Crippen LogP contribution in [0.5, 0.6) is 0 Å². The molecule has 0 N–H and O–H groups in total. The number of halogens is 2. The van der Waals surface area contributed by atoms with Gasteiger partial charge < -0.3 is 0 Å². The molecule has 1 heterocycles. The van der Waals surface area contributed by atoms with Gasteiger partial charge in [-0.2, -0.15) is 0 Å². The summed E-state index contributed by atoms with van der Waals surface area (Å²) >= 11 is 15.8. The van der Waals surface area contributed by atoms with Crippen molar-refractivity contribution in [3.63, 3.8) is 0 Å². The van der Waals surface area contributed by atoms with Gasteiger partial charge in [-0.05, 0) is 56.4 Å². The van der Waals surface area contributed by atoms with Crippen molar-refractivity contribution in [3.05, 3.63) is 74.9 Å². The molecule has 0 spiro atoms. The Kier molecular flexibility index (Phi) is 6.52. The molecule has 0 bridgehead atoms. The molecule has 4 rings (SSSR count). The Morgan fingerprint density at radius 1 is 0.964 bits per heavy atom. The van der Waals surface area contributed by atoms with Crippen LogP contribution in [-0.4, -0.2) is 9.97 Å². The first-order chi connectivity index (χ1) is 13.6. The molecule has 0 radical (unpaired) electrons. The molecule has 0 saturated heterocycles. The Bertz CT molecular complexity index is 991. The number of nitrogens with zero attached hydrogens (tertiary/aromatic N) is 2. The standard InChI is InChI=1S/C22H20Cl2N2S2/c1-14-6-8-15(9-7-14)13-27-22-25-19-5-3-2-4-17(19)21(26-22)28-20-11-10-16(23)12-18(20)24/h6-12H,2-5,13H2,1H3. The Morgan fingerprint density at radius 3 is 2.54 bits per heavy atom. The lowest BCUT2D eigenvalue weighted by atomic mass is 9.98. The van der Waals surface area contributed by atoms with E-state index < -0.39 is 0 Å². The zero-order valence-electron chi connectivity index (χ0n) is 15.5. The van der Waals surface area contributed by atoms with E-state index >= 15 is 0 Å². The minimum Gasteiger partial charge on any atom is -0.227 e. The third-order valence-electron chi connectivity index (χ3n) is 4.71. The molecule has 1 aliphatic rings. The molecule has 2 aromatic carbocycles. The molecular weight excluding hydrogens is 427 g/mol. The number of benzene rings is 2. The summed E-state index contributed by atoms with van der Waals surface area (Å²) < 4.78 is 0. The third-order valence-corrected chi connectivity index (χ3v) is 7.40. The topological polar surface area (TPSA) is 25.8 Å². The van der Waals surface area contributed by atoms with Gasteiger partial charge in [0.2, 0.25) is 0 Å². The van der Waals surface area contributed by atoms with Gasteiger partial charge in [0.05, 0.1) is 5.02 Å². The van der Waals surface area contributed by atoms with Crippen molar-refractivity contribution in [2.24, 2.45) is 0 Å². The van der Waals surface area contributed by atoms with E-state index in [1.54, 1.807) is 29.6 Å². The average Bonchev–Trinajstić information content (AvgIpc) is 2.69. The van der Waals surface area contributed by atoms with Gasteiger partial charge >= 0.3 is 0 Å². The highest BCUT2D eigenvalue weighted by molar-refractivity contribution is 7.99. The number of aromatic nitrogens is 2. The van der Waals surface area contributed by atoms with Crippen LogP contribution in [0.4, 0.5) is 0 Å². The second-order valence-electron chi connectivity index (χ2n) is 6.89. The summed E-state index contributed by atoms with van der Waals surface area (Å²) in [4.78, 5) is 10.7. The Hall–Kier alpha value is -1.20. The minimum atomic E-state index is 0.647. The monoisotopic (exact) mass is 446 g/mol. The van der Waals surface area contributed by atoms with E-state index in [0.29, 0.717) is 10.0 Å². The van der Waals surface area contributed by atoms with Crippen LogP contribution in [0.2, 0.25) is 10.0 Å². The fourth-order valence-corrected chi connectivity index (χ4v) is 5.56. The predicted molar refractivity (Wildman–Crippen MR) is 120 cm³/mol. The van der Waals surface area contributed by atoms with Gasteiger partial charge in [-0.1, -0.05) is 76.6 Å². The van der Waals surface area contributed by atoms with E-state index in [4.69, 9.17) is 33.2 Å². The molecule has 1 aromatic heterocycles. The first-order valence-corrected chi connectivity index (χ1v) is 11.9. The van der Waals surface area contributed by atoms with Crippen LogP contribution in [0.15, 0.2) is 57.5 Å². The molecule has 0 atom stereocenters. The van der Waals surface area contributed by atoms with Crippen LogP contribution >= 0.6 is 46.7 Å². The van der Waals surface area contributed by atoms with Crippen LogP contribution in [0.3, 0.4) is 0 Å². The predicted octanol–water partition coefficient (Wildman–Crippen LogP) is 7.41. The van der Waals surface area contributed by atoms with E-state index in [1.165, 1.54) is 35.2 Å². The second kappa shape index (κ2) is 9.08. The molecule has 0 saturated carbocycles. The summed E-state index contributed by atoms with van der Waals surface area (Å²) in [6.45, 7) is 2.11. The summed E-state index contributed by atoms with van der Waals surface area (Å²) in [6, 6.07) is 14.3. The van der Waals surface area contributed by atoms with Crippen molar-refractivity contribution in [2.45, 2.75) is 53.4 Å². The molecule has 0 aliphatic heterocycles. The largest absolute Gasteiger partial charge is 0.227 e. The van der Waals surface area contributed by atoms with E-state index in [0.717, 1.165) is 33.7 Å². The summed E-state index contributed by atoms with van der Waals surface area (Å²) in [6.07, 6.45) is 4.44. The minimum absolute atomic E-state index is 0.647. The quantitative estimate of drug-likeness (QED) is 0.231. The van der Waals surface area contributed by atoms with Gasteiger partial charge in [0.25, 0.3) is 0 Å². The molecule has 1 aliphatic carbocycles. The van der Waals surface area contributed by atoms with Crippen molar-refractivity contribution in [1.29, 1.82) is 0 Å².